The maximum Gasteiger partial charge on any atom is 0.387 e. The summed E-state index contributed by atoms with van der Waals surface area (Å²) in [6.45, 7) is -0.924. The Morgan fingerprint density at radius 1 is 1.56 bits per heavy atom. The quantitative estimate of drug-likeness (QED) is 0.913. The van der Waals surface area contributed by atoms with Crippen LogP contribution in [0.15, 0.2) is 18.2 Å². The van der Waals surface area contributed by atoms with Crippen molar-refractivity contribution in [2.45, 2.75) is 20.0 Å². The second kappa shape index (κ2) is 5.10. The maximum absolute atomic E-state index is 12.0. The fraction of sp³-hybridized carbons (Fsp3) is 0.417. The van der Waals surface area contributed by atoms with E-state index in [-0.39, 0.29) is 22.6 Å². The molecule has 1 aromatic carbocycles. The van der Waals surface area contributed by atoms with Crippen LogP contribution in [0.4, 0.5) is 14.5 Å². The topological polar surface area (TPSA) is 38.3 Å². The lowest BCUT2D eigenvalue weighted by Crippen LogP contribution is -2.14. The van der Waals surface area contributed by atoms with Crippen LogP contribution in [0.5, 0.6) is 5.75 Å². The van der Waals surface area contributed by atoms with Crippen LogP contribution in [0.2, 0.25) is 5.02 Å². The SMILES string of the molecule is C[C@@H]1C[C@H]1C(=O)Nc1ccc(OC(F)F)c(Cl)c1. The van der Waals surface area contributed by atoms with Gasteiger partial charge in [0, 0.05) is 11.6 Å². The van der Waals surface area contributed by atoms with E-state index in [0.29, 0.717) is 11.6 Å². The monoisotopic (exact) mass is 275 g/mol. The summed E-state index contributed by atoms with van der Waals surface area (Å²) in [6.07, 6.45) is 0.881. The molecule has 3 nitrogen and oxygen atoms in total. The molecule has 0 radical (unpaired) electrons. The minimum atomic E-state index is -2.92. The largest absolute Gasteiger partial charge is 0.433 e. The molecule has 1 fully saturated rings. The van der Waals surface area contributed by atoms with Crippen LogP contribution >= 0.6 is 11.6 Å². The van der Waals surface area contributed by atoms with Crippen molar-refractivity contribution >= 4 is 23.2 Å². The Bertz CT molecular complexity index is 467. The molecule has 1 amide bonds. The van der Waals surface area contributed by atoms with Gasteiger partial charge in [0.05, 0.1) is 5.02 Å². The highest BCUT2D eigenvalue weighted by Gasteiger charge is 2.39. The summed E-state index contributed by atoms with van der Waals surface area (Å²) in [5.41, 5.74) is 0.478. The highest BCUT2D eigenvalue weighted by atomic mass is 35.5. The zero-order valence-electron chi connectivity index (χ0n) is 9.62. The average Bonchev–Trinajstić information content (AvgIpc) is 2.99. The Hall–Kier alpha value is -1.36. The van der Waals surface area contributed by atoms with Gasteiger partial charge < -0.3 is 10.1 Å². The van der Waals surface area contributed by atoms with Crippen molar-refractivity contribution in [1.29, 1.82) is 0 Å². The van der Waals surface area contributed by atoms with Gasteiger partial charge in [0.15, 0.2) is 0 Å². The van der Waals surface area contributed by atoms with Crippen molar-refractivity contribution in [1.82, 2.24) is 0 Å². The normalized spacial score (nSPS) is 21.8. The number of hydrogen-bond acceptors (Lipinski definition) is 2. The molecule has 0 heterocycles. The molecule has 0 unspecified atom stereocenters. The fourth-order valence-electron chi connectivity index (χ4n) is 1.69. The molecule has 2 atom stereocenters. The highest BCUT2D eigenvalue weighted by Crippen LogP contribution is 2.38. The fourth-order valence-corrected chi connectivity index (χ4v) is 1.92. The van der Waals surface area contributed by atoms with Gasteiger partial charge in [-0.15, -0.1) is 0 Å². The molecule has 1 aliphatic rings. The van der Waals surface area contributed by atoms with Gasteiger partial charge in [-0.2, -0.15) is 8.78 Å². The van der Waals surface area contributed by atoms with E-state index in [0.717, 1.165) is 6.42 Å². The van der Waals surface area contributed by atoms with Crippen LogP contribution in [0.1, 0.15) is 13.3 Å². The summed E-state index contributed by atoms with van der Waals surface area (Å²) in [6, 6.07) is 4.18. The van der Waals surface area contributed by atoms with E-state index in [1.54, 1.807) is 0 Å². The Morgan fingerprint density at radius 3 is 2.72 bits per heavy atom. The predicted octanol–water partition coefficient (Wildman–Crippen LogP) is 3.54. The molecule has 98 valence electrons. The number of carbonyl (C=O) groups excluding carboxylic acids is 1. The van der Waals surface area contributed by atoms with Crippen molar-refractivity contribution in [3.05, 3.63) is 23.2 Å². The summed E-state index contributed by atoms with van der Waals surface area (Å²) in [5, 5.41) is 2.73. The van der Waals surface area contributed by atoms with Gasteiger partial charge in [0.25, 0.3) is 0 Å². The summed E-state index contributed by atoms with van der Waals surface area (Å²) in [5.74, 6) is 0.272. The molecule has 6 heteroatoms. The second-order valence-corrected chi connectivity index (χ2v) is 4.74. The van der Waals surface area contributed by atoms with Gasteiger partial charge in [0.2, 0.25) is 5.91 Å². The van der Waals surface area contributed by atoms with Gasteiger partial charge in [-0.25, -0.2) is 0 Å². The molecule has 0 aliphatic heterocycles. The van der Waals surface area contributed by atoms with Crippen LogP contribution in [0, 0.1) is 11.8 Å². The molecule has 18 heavy (non-hydrogen) atoms. The van der Waals surface area contributed by atoms with Crippen molar-refractivity contribution in [3.63, 3.8) is 0 Å². The molecule has 1 aliphatic carbocycles. The second-order valence-electron chi connectivity index (χ2n) is 4.33. The standard InChI is InChI=1S/C12H12ClF2NO2/c1-6-4-8(6)11(17)16-7-2-3-10(9(13)5-7)18-12(14)15/h2-3,5-6,8,12H,4H2,1H3,(H,16,17)/t6-,8-/m1/s1. The molecular weight excluding hydrogens is 264 g/mol. The minimum Gasteiger partial charge on any atom is -0.433 e. The summed E-state index contributed by atoms with van der Waals surface area (Å²) in [4.78, 5) is 11.7. The third kappa shape index (κ3) is 3.10. The predicted molar refractivity (Wildman–Crippen MR) is 64.0 cm³/mol. The summed E-state index contributed by atoms with van der Waals surface area (Å²) >= 11 is 5.77. The average molecular weight is 276 g/mol. The Kier molecular flexibility index (Phi) is 3.71. The Balaban J connectivity index is 2.02. The van der Waals surface area contributed by atoms with Crippen molar-refractivity contribution in [2.24, 2.45) is 11.8 Å². The highest BCUT2D eigenvalue weighted by molar-refractivity contribution is 6.32. The van der Waals surface area contributed by atoms with Crippen molar-refractivity contribution in [2.75, 3.05) is 5.32 Å². The van der Waals surface area contributed by atoms with Gasteiger partial charge in [-0.3, -0.25) is 4.79 Å². The van der Waals surface area contributed by atoms with Crippen molar-refractivity contribution < 1.29 is 18.3 Å². The van der Waals surface area contributed by atoms with E-state index in [1.807, 2.05) is 6.92 Å². The molecule has 0 aromatic heterocycles. The first kappa shape index (κ1) is 13.1. The van der Waals surface area contributed by atoms with Crippen LogP contribution in [0.3, 0.4) is 0 Å². The molecule has 1 N–H and O–H groups in total. The maximum atomic E-state index is 12.0. The lowest BCUT2D eigenvalue weighted by molar-refractivity contribution is -0.117. The zero-order valence-corrected chi connectivity index (χ0v) is 10.4. The number of benzene rings is 1. The molecular formula is C12H12ClF2NO2. The number of nitrogens with one attached hydrogen (secondary N) is 1. The summed E-state index contributed by atoms with van der Waals surface area (Å²) in [7, 11) is 0. The zero-order chi connectivity index (χ0) is 13.3. The lowest BCUT2D eigenvalue weighted by Gasteiger charge is -2.09. The van der Waals surface area contributed by atoms with E-state index >= 15 is 0 Å². The lowest BCUT2D eigenvalue weighted by atomic mass is 10.2. The number of hydrogen-bond donors (Lipinski definition) is 1. The van der Waals surface area contributed by atoms with E-state index in [9.17, 15) is 13.6 Å². The third-order valence-corrected chi connectivity index (χ3v) is 3.16. The first-order valence-electron chi connectivity index (χ1n) is 5.52. The van der Waals surface area contributed by atoms with E-state index < -0.39 is 6.61 Å². The Morgan fingerprint density at radius 2 is 2.22 bits per heavy atom. The number of halogens is 3. The molecule has 0 saturated heterocycles. The molecule has 1 saturated carbocycles. The first-order valence-corrected chi connectivity index (χ1v) is 5.90. The van der Waals surface area contributed by atoms with Crippen LogP contribution in [-0.2, 0) is 4.79 Å². The van der Waals surface area contributed by atoms with E-state index in [1.165, 1.54) is 18.2 Å². The number of ether oxygens (including phenoxy) is 1. The molecule has 0 spiro atoms. The molecule has 2 rings (SSSR count). The van der Waals surface area contributed by atoms with Gasteiger partial charge in [-0.05, 0) is 30.5 Å². The van der Waals surface area contributed by atoms with Gasteiger partial charge in [0.1, 0.15) is 5.75 Å². The van der Waals surface area contributed by atoms with E-state index in [2.05, 4.69) is 10.1 Å². The number of anilines is 1. The third-order valence-electron chi connectivity index (χ3n) is 2.86. The number of alkyl halides is 2. The first-order chi connectivity index (χ1) is 8.47. The summed E-state index contributed by atoms with van der Waals surface area (Å²) < 4.78 is 28.2. The van der Waals surface area contributed by atoms with Gasteiger partial charge in [-0.1, -0.05) is 18.5 Å². The minimum absolute atomic E-state index is 0.0388. The Labute approximate surface area is 108 Å². The number of amides is 1. The van der Waals surface area contributed by atoms with Gasteiger partial charge >= 0.3 is 6.61 Å². The molecule has 1 aromatic rings. The van der Waals surface area contributed by atoms with Crippen LogP contribution in [0.25, 0.3) is 0 Å². The number of carbonyl (C=O) groups is 1. The number of rotatable bonds is 4. The van der Waals surface area contributed by atoms with Crippen molar-refractivity contribution in [3.8, 4) is 5.75 Å². The molecule has 0 bridgehead atoms. The van der Waals surface area contributed by atoms with E-state index in [4.69, 9.17) is 11.6 Å². The van der Waals surface area contributed by atoms with Crippen LogP contribution < -0.4 is 10.1 Å². The van der Waals surface area contributed by atoms with Crippen LogP contribution in [-0.4, -0.2) is 12.5 Å². The smallest absolute Gasteiger partial charge is 0.387 e.